The molecule has 5 heteroatoms. The fourth-order valence-electron chi connectivity index (χ4n) is 3.04. The molecule has 1 unspecified atom stereocenters. The van der Waals surface area contributed by atoms with Crippen LogP contribution in [0.15, 0.2) is 47.4 Å². The molecule has 136 valence electrons. The van der Waals surface area contributed by atoms with Crippen LogP contribution in [-0.2, 0) is 4.74 Å². The van der Waals surface area contributed by atoms with E-state index in [0.29, 0.717) is 29.3 Å². The number of hydrogen-bond acceptors (Lipinski definition) is 4. The summed E-state index contributed by atoms with van der Waals surface area (Å²) in [4.78, 5) is 25.5. The van der Waals surface area contributed by atoms with E-state index in [4.69, 9.17) is 4.74 Å². The zero-order chi connectivity index (χ0) is 18.5. The molecule has 26 heavy (non-hydrogen) atoms. The fourth-order valence-corrected chi connectivity index (χ4v) is 4.22. The quantitative estimate of drug-likeness (QED) is 0.761. The minimum absolute atomic E-state index is 0.144. The zero-order valence-corrected chi connectivity index (χ0v) is 15.9. The van der Waals surface area contributed by atoms with E-state index in [0.717, 1.165) is 5.75 Å². The van der Waals surface area contributed by atoms with E-state index in [1.807, 2.05) is 23.9 Å². The second-order valence-corrected chi connectivity index (χ2v) is 7.53. The Kier molecular flexibility index (Phi) is 5.99. The molecule has 3 rings (SSSR count). The summed E-state index contributed by atoms with van der Waals surface area (Å²) in [6, 6.07) is 12.7. The van der Waals surface area contributed by atoms with Crippen LogP contribution in [0.5, 0.6) is 0 Å². The first-order valence-corrected chi connectivity index (χ1v) is 9.92. The number of rotatable bonds is 4. The second-order valence-electron chi connectivity index (χ2n) is 6.40. The van der Waals surface area contributed by atoms with Gasteiger partial charge >= 0.3 is 5.97 Å². The summed E-state index contributed by atoms with van der Waals surface area (Å²) >= 11 is 1.83. The molecular weight excluding hydrogens is 346 g/mol. The first-order chi connectivity index (χ1) is 12.6. The molecule has 0 aliphatic carbocycles. The summed E-state index contributed by atoms with van der Waals surface area (Å²) in [5, 5.41) is 2.89. The first kappa shape index (κ1) is 18.5. The van der Waals surface area contributed by atoms with Crippen LogP contribution in [0.1, 0.15) is 58.9 Å². The summed E-state index contributed by atoms with van der Waals surface area (Å²) in [6.45, 7) is 4.36. The standard InChI is InChI=1S/C21H23NO3S/c1-3-25-21(24)15-6-9-17(10-7-15)22-20(23)16-8-11-18-14(2)5-4-12-26-19(18)13-16/h6-11,13-14H,3-5,12H2,1-2H3,(H,22,23). The molecule has 0 saturated carbocycles. The molecule has 0 aromatic heterocycles. The third-order valence-electron chi connectivity index (χ3n) is 4.50. The molecule has 1 heterocycles. The number of ether oxygens (including phenoxy) is 1. The Balaban J connectivity index is 1.72. The van der Waals surface area contributed by atoms with Crippen LogP contribution in [-0.4, -0.2) is 24.2 Å². The smallest absolute Gasteiger partial charge is 0.338 e. The van der Waals surface area contributed by atoms with Crippen LogP contribution < -0.4 is 5.32 Å². The first-order valence-electron chi connectivity index (χ1n) is 8.93. The van der Waals surface area contributed by atoms with E-state index < -0.39 is 0 Å². The van der Waals surface area contributed by atoms with Crippen molar-refractivity contribution in [1.29, 1.82) is 0 Å². The van der Waals surface area contributed by atoms with Gasteiger partial charge in [-0.3, -0.25) is 4.79 Å². The van der Waals surface area contributed by atoms with Crippen molar-refractivity contribution in [2.45, 2.75) is 37.5 Å². The Labute approximate surface area is 158 Å². The Bertz CT molecular complexity index is 801. The minimum Gasteiger partial charge on any atom is -0.462 e. The monoisotopic (exact) mass is 369 g/mol. The summed E-state index contributed by atoms with van der Waals surface area (Å²) in [7, 11) is 0. The number of carbonyl (C=O) groups is 2. The van der Waals surface area contributed by atoms with Crippen molar-refractivity contribution in [1.82, 2.24) is 0 Å². The van der Waals surface area contributed by atoms with Gasteiger partial charge in [-0.05, 0) is 73.4 Å². The van der Waals surface area contributed by atoms with Crippen molar-refractivity contribution >= 4 is 29.3 Å². The molecule has 1 atom stereocenters. The van der Waals surface area contributed by atoms with Crippen molar-refractivity contribution < 1.29 is 14.3 Å². The van der Waals surface area contributed by atoms with Gasteiger partial charge in [0.05, 0.1) is 12.2 Å². The van der Waals surface area contributed by atoms with Gasteiger partial charge in [-0.2, -0.15) is 0 Å². The largest absolute Gasteiger partial charge is 0.462 e. The van der Waals surface area contributed by atoms with E-state index in [-0.39, 0.29) is 11.9 Å². The number of thioether (sulfide) groups is 1. The average molecular weight is 369 g/mol. The second kappa shape index (κ2) is 8.41. The SMILES string of the molecule is CCOC(=O)c1ccc(NC(=O)c2ccc3c(c2)SCCCC3C)cc1. The average Bonchev–Trinajstić information content (AvgIpc) is 2.83. The number of nitrogens with one attached hydrogen (secondary N) is 1. The molecule has 1 aliphatic rings. The normalized spacial score (nSPS) is 16.3. The highest BCUT2D eigenvalue weighted by molar-refractivity contribution is 7.99. The third kappa shape index (κ3) is 4.28. The molecule has 0 saturated heterocycles. The van der Waals surface area contributed by atoms with Crippen LogP contribution in [0.3, 0.4) is 0 Å². The fraction of sp³-hybridized carbons (Fsp3) is 0.333. The molecule has 2 aromatic carbocycles. The van der Waals surface area contributed by atoms with Crippen LogP contribution in [0.2, 0.25) is 0 Å². The van der Waals surface area contributed by atoms with Gasteiger partial charge in [-0.25, -0.2) is 4.79 Å². The molecule has 0 radical (unpaired) electrons. The molecular formula is C21H23NO3S. The predicted molar refractivity (Wildman–Crippen MR) is 105 cm³/mol. The van der Waals surface area contributed by atoms with E-state index in [1.165, 1.54) is 23.3 Å². The Morgan fingerprint density at radius 2 is 1.88 bits per heavy atom. The van der Waals surface area contributed by atoms with Gasteiger partial charge in [-0.15, -0.1) is 11.8 Å². The summed E-state index contributed by atoms with van der Waals surface area (Å²) < 4.78 is 4.96. The number of carbonyl (C=O) groups excluding carboxylic acids is 2. The van der Waals surface area contributed by atoms with Gasteiger partial charge in [0.1, 0.15) is 0 Å². The van der Waals surface area contributed by atoms with Gasteiger partial charge in [-0.1, -0.05) is 13.0 Å². The highest BCUT2D eigenvalue weighted by atomic mass is 32.2. The van der Waals surface area contributed by atoms with Crippen molar-refractivity contribution in [2.24, 2.45) is 0 Å². The molecule has 1 N–H and O–H groups in total. The number of benzene rings is 2. The van der Waals surface area contributed by atoms with Crippen molar-refractivity contribution in [3.63, 3.8) is 0 Å². The van der Waals surface area contributed by atoms with Crippen LogP contribution in [0, 0.1) is 0 Å². The number of anilines is 1. The Hall–Kier alpha value is -2.27. The van der Waals surface area contributed by atoms with E-state index in [2.05, 4.69) is 18.3 Å². The lowest BCUT2D eigenvalue weighted by Gasteiger charge is -2.13. The van der Waals surface area contributed by atoms with Gasteiger partial charge in [0, 0.05) is 16.1 Å². The lowest BCUT2D eigenvalue weighted by molar-refractivity contribution is 0.0526. The predicted octanol–water partition coefficient (Wildman–Crippen LogP) is 5.11. The molecule has 2 aromatic rings. The summed E-state index contributed by atoms with van der Waals surface area (Å²) in [6.07, 6.45) is 2.40. The van der Waals surface area contributed by atoms with Gasteiger partial charge in [0.25, 0.3) is 5.91 Å². The molecule has 1 amide bonds. The van der Waals surface area contributed by atoms with Gasteiger partial charge < -0.3 is 10.1 Å². The highest BCUT2D eigenvalue weighted by Crippen LogP contribution is 2.36. The van der Waals surface area contributed by atoms with Crippen molar-refractivity contribution in [2.75, 3.05) is 17.7 Å². The zero-order valence-electron chi connectivity index (χ0n) is 15.1. The molecule has 0 fully saturated rings. The molecule has 1 aliphatic heterocycles. The molecule has 0 bridgehead atoms. The molecule has 0 spiro atoms. The van der Waals surface area contributed by atoms with Crippen molar-refractivity contribution in [3.05, 3.63) is 59.2 Å². The molecule has 4 nitrogen and oxygen atoms in total. The maximum absolute atomic E-state index is 12.6. The van der Waals surface area contributed by atoms with Crippen LogP contribution in [0.25, 0.3) is 0 Å². The van der Waals surface area contributed by atoms with E-state index in [1.54, 1.807) is 31.2 Å². The van der Waals surface area contributed by atoms with Crippen molar-refractivity contribution in [3.8, 4) is 0 Å². The third-order valence-corrected chi connectivity index (χ3v) is 5.66. The maximum Gasteiger partial charge on any atom is 0.338 e. The van der Waals surface area contributed by atoms with Gasteiger partial charge in [0.2, 0.25) is 0 Å². The maximum atomic E-state index is 12.6. The minimum atomic E-state index is -0.359. The summed E-state index contributed by atoms with van der Waals surface area (Å²) in [5.74, 6) is 1.13. The number of esters is 1. The Morgan fingerprint density at radius 3 is 2.62 bits per heavy atom. The lowest BCUT2D eigenvalue weighted by Crippen LogP contribution is -2.12. The van der Waals surface area contributed by atoms with Crippen LogP contribution in [0.4, 0.5) is 5.69 Å². The number of hydrogen-bond donors (Lipinski definition) is 1. The summed E-state index contributed by atoms with van der Waals surface area (Å²) in [5.41, 5.74) is 3.11. The number of amides is 1. The highest BCUT2D eigenvalue weighted by Gasteiger charge is 2.17. The van der Waals surface area contributed by atoms with Crippen LogP contribution >= 0.6 is 11.8 Å². The van der Waals surface area contributed by atoms with E-state index in [9.17, 15) is 9.59 Å². The van der Waals surface area contributed by atoms with Gasteiger partial charge in [0.15, 0.2) is 0 Å². The number of fused-ring (bicyclic) bond motifs is 1. The lowest BCUT2D eigenvalue weighted by atomic mass is 9.95. The Morgan fingerprint density at radius 1 is 1.15 bits per heavy atom. The van der Waals surface area contributed by atoms with E-state index >= 15 is 0 Å². The topological polar surface area (TPSA) is 55.4 Å².